The van der Waals surface area contributed by atoms with Crippen molar-refractivity contribution in [2.24, 2.45) is 5.41 Å². The fourth-order valence-electron chi connectivity index (χ4n) is 2.08. The highest BCUT2D eigenvalue weighted by molar-refractivity contribution is 5.45. The Morgan fingerprint density at radius 3 is 2.56 bits per heavy atom. The van der Waals surface area contributed by atoms with E-state index < -0.39 is 0 Å². The molecule has 0 spiro atoms. The lowest BCUT2D eigenvalue weighted by atomic mass is 10.1. The van der Waals surface area contributed by atoms with Crippen LogP contribution in [0, 0.1) is 26.2 Å². The number of hydrogen-bond donors (Lipinski definition) is 1. The van der Waals surface area contributed by atoms with E-state index in [-0.39, 0.29) is 0 Å². The first kappa shape index (κ1) is 13.3. The van der Waals surface area contributed by atoms with Crippen molar-refractivity contribution in [3.63, 3.8) is 0 Å². The van der Waals surface area contributed by atoms with Crippen molar-refractivity contribution in [2.45, 2.75) is 40.5 Å². The van der Waals surface area contributed by atoms with Gasteiger partial charge in [-0.05, 0) is 40.5 Å². The molecule has 0 atom stereocenters. The molecule has 0 aliphatic heterocycles. The number of anilines is 1. The molecule has 1 fully saturated rings. The van der Waals surface area contributed by atoms with Gasteiger partial charge < -0.3 is 10.1 Å². The SMILES string of the molecule is CCOCC1(CNc2nc(C)nc(C)c2C)CC1. The molecule has 0 aromatic carbocycles. The number of nitrogens with zero attached hydrogens (tertiary/aromatic N) is 2. The van der Waals surface area contributed by atoms with E-state index in [0.29, 0.717) is 5.41 Å². The minimum absolute atomic E-state index is 0.342. The van der Waals surface area contributed by atoms with E-state index >= 15 is 0 Å². The standard InChI is InChI=1S/C14H23N3O/c1-5-18-9-14(6-7-14)8-15-13-10(2)11(3)16-12(4)17-13/h5-9H2,1-4H3,(H,15,16,17). The summed E-state index contributed by atoms with van der Waals surface area (Å²) in [5, 5.41) is 3.48. The quantitative estimate of drug-likeness (QED) is 0.842. The molecular formula is C14H23N3O. The molecule has 100 valence electrons. The van der Waals surface area contributed by atoms with Gasteiger partial charge in [0.05, 0.1) is 6.61 Å². The summed E-state index contributed by atoms with van der Waals surface area (Å²) in [7, 11) is 0. The zero-order valence-corrected chi connectivity index (χ0v) is 11.8. The van der Waals surface area contributed by atoms with E-state index in [9.17, 15) is 0 Å². The van der Waals surface area contributed by atoms with Gasteiger partial charge >= 0.3 is 0 Å². The molecule has 1 saturated carbocycles. The van der Waals surface area contributed by atoms with E-state index in [1.807, 2.05) is 20.8 Å². The van der Waals surface area contributed by atoms with E-state index in [1.165, 1.54) is 12.8 Å². The predicted molar refractivity (Wildman–Crippen MR) is 72.9 cm³/mol. The molecule has 1 heterocycles. The van der Waals surface area contributed by atoms with Crippen molar-refractivity contribution in [2.75, 3.05) is 25.1 Å². The molecule has 18 heavy (non-hydrogen) atoms. The van der Waals surface area contributed by atoms with Crippen LogP contribution < -0.4 is 5.32 Å². The zero-order valence-electron chi connectivity index (χ0n) is 11.8. The first-order valence-corrected chi connectivity index (χ1v) is 6.70. The highest BCUT2D eigenvalue weighted by atomic mass is 16.5. The molecule has 0 bridgehead atoms. The van der Waals surface area contributed by atoms with Crippen LogP contribution in [-0.2, 0) is 4.74 Å². The van der Waals surface area contributed by atoms with E-state index in [1.54, 1.807) is 0 Å². The Kier molecular flexibility index (Phi) is 3.85. The smallest absolute Gasteiger partial charge is 0.132 e. The molecule has 4 heteroatoms. The molecule has 4 nitrogen and oxygen atoms in total. The molecule has 2 rings (SSSR count). The van der Waals surface area contributed by atoms with E-state index in [4.69, 9.17) is 4.74 Å². The van der Waals surface area contributed by atoms with Gasteiger partial charge in [0.15, 0.2) is 0 Å². The summed E-state index contributed by atoms with van der Waals surface area (Å²) in [5.74, 6) is 1.80. The first-order valence-electron chi connectivity index (χ1n) is 6.70. The van der Waals surface area contributed by atoms with Gasteiger partial charge in [-0.25, -0.2) is 9.97 Å². The van der Waals surface area contributed by atoms with Gasteiger partial charge in [0.2, 0.25) is 0 Å². The highest BCUT2D eigenvalue weighted by Crippen LogP contribution is 2.45. The molecule has 1 aromatic heterocycles. The summed E-state index contributed by atoms with van der Waals surface area (Å²) >= 11 is 0. The number of ether oxygens (including phenoxy) is 1. The summed E-state index contributed by atoms with van der Waals surface area (Å²) in [6.45, 7) is 10.7. The van der Waals surface area contributed by atoms with Crippen LogP contribution in [0.5, 0.6) is 0 Å². The maximum Gasteiger partial charge on any atom is 0.132 e. The second-order valence-corrected chi connectivity index (χ2v) is 5.32. The Morgan fingerprint density at radius 2 is 1.94 bits per heavy atom. The predicted octanol–water partition coefficient (Wildman–Crippen LogP) is 2.63. The van der Waals surface area contributed by atoms with Crippen molar-refractivity contribution in [3.05, 3.63) is 17.1 Å². The topological polar surface area (TPSA) is 47.0 Å². The van der Waals surface area contributed by atoms with Gasteiger partial charge in [-0.3, -0.25) is 0 Å². The summed E-state index contributed by atoms with van der Waals surface area (Å²) in [6, 6.07) is 0. The number of aromatic nitrogens is 2. The molecular weight excluding hydrogens is 226 g/mol. The molecule has 0 radical (unpaired) electrons. The van der Waals surface area contributed by atoms with Gasteiger partial charge in [-0.2, -0.15) is 0 Å². The monoisotopic (exact) mass is 249 g/mol. The number of hydrogen-bond acceptors (Lipinski definition) is 4. The molecule has 1 N–H and O–H groups in total. The molecule has 0 amide bonds. The normalized spacial score (nSPS) is 16.7. The number of rotatable bonds is 6. The third-order valence-corrected chi connectivity index (χ3v) is 3.70. The van der Waals surface area contributed by atoms with Crippen molar-refractivity contribution >= 4 is 5.82 Å². The van der Waals surface area contributed by atoms with Gasteiger partial charge in [-0.1, -0.05) is 0 Å². The van der Waals surface area contributed by atoms with Gasteiger partial charge in [0.1, 0.15) is 11.6 Å². The van der Waals surface area contributed by atoms with Crippen LogP contribution in [0.4, 0.5) is 5.82 Å². The minimum Gasteiger partial charge on any atom is -0.381 e. The van der Waals surface area contributed by atoms with Gasteiger partial charge in [-0.15, -0.1) is 0 Å². The van der Waals surface area contributed by atoms with Crippen LogP contribution in [0.2, 0.25) is 0 Å². The first-order chi connectivity index (χ1) is 8.56. The summed E-state index contributed by atoms with van der Waals surface area (Å²) in [5.41, 5.74) is 2.54. The Bertz CT molecular complexity index is 427. The molecule has 0 unspecified atom stereocenters. The Balaban J connectivity index is 1.98. The number of nitrogens with one attached hydrogen (secondary N) is 1. The summed E-state index contributed by atoms with van der Waals surface area (Å²) in [6.07, 6.45) is 2.50. The van der Waals surface area contributed by atoms with Gasteiger partial charge in [0.25, 0.3) is 0 Å². The molecule has 1 aliphatic carbocycles. The van der Waals surface area contributed by atoms with Crippen LogP contribution in [0.15, 0.2) is 0 Å². The van der Waals surface area contributed by atoms with Crippen molar-refractivity contribution < 1.29 is 4.74 Å². The minimum atomic E-state index is 0.342. The van der Waals surface area contributed by atoms with Crippen LogP contribution >= 0.6 is 0 Å². The lowest BCUT2D eigenvalue weighted by Gasteiger charge is -2.17. The van der Waals surface area contributed by atoms with Crippen LogP contribution in [-0.4, -0.2) is 29.7 Å². The molecule has 0 saturated heterocycles. The van der Waals surface area contributed by atoms with E-state index in [2.05, 4.69) is 22.2 Å². The Morgan fingerprint density at radius 1 is 1.22 bits per heavy atom. The third-order valence-electron chi connectivity index (χ3n) is 3.70. The van der Waals surface area contributed by atoms with Crippen LogP contribution in [0.25, 0.3) is 0 Å². The largest absolute Gasteiger partial charge is 0.381 e. The lowest BCUT2D eigenvalue weighted by Crippen LogP contribution is -2.22. The Labute approximate surface area is 109 Å². The Hall–Kier alpha value is -1.16. The van der Waals surface area contributed by atoms with Crippen molar-refractivity contribution in [3.8, 4) is 0 Å². The van der Waals surface area contributed by atoms with Crippen molar-refractivity contribution in [1.29, 1.82) is 0 Å². The van der Waals surface area contributed by atoms with E-state index in [0.717, 1.165) is 42.7 Å². The maximum absolute atomic E-state index is 5.55. The average Bonchev–Trinajstić information content (AvgIpc) is 3.10. The highest BCUT2D eigenvalue weighted by Gasteiger charge is 2.42. The third kappa shape index (κ3) is 2.99. The maximum atomic E-state index is 5.55. The fraction of sp³-hybridized carbons (Fsp3) is 0.714. The second-order valence-electron chi connectivity index (χ2n) is 5.32. The zero-order chi connectivity index (χ0) is 13.2. The van der Waals surface area contributed by atoms with Crippen LogP contribution in [0.3, 0.4) is 0 Å². The van der Waals surface area contributed by atoms with Crippen molar-refractivity contribution in [1.82, 2.24) is 9.97 Å². The fourth-order valence-corrected chi connectivity index (χ4v) is 2.08. The average molecular weight is 249 g/mol. The lowest BCUT2D eigenvalue weighted by molar-refractivity contribution is 0.105. The molecule has 1 aromatic rings. The summed E-state index contributed by atoms with van der Waals surface area (Å²) in [4.78, 5) is 8.85. The summed E-state index contributed by atoms with van der Waals surface area (Å²) < 4.78 is 5.55. The second kappa shape index (κ2) is 5.22. The molecule has 1 aliphatic rings. The number of aryl methyl sites for hydroxylation is 2. The van der Waals surface area contributed by atoms with Crippen LogP contribution in [0.1, 0.15) is 36.8 Å². The van der Waals surface area contributed by atoms with Gasteiger partial charge in [0, 0.05) is 29.8 Å².